The predicted molar refractivity (Wildman–Crippen MR) is 227 cm³/mol. The van der Waals surface area contributed by atoms with Crippen LogP contribution >= 0.6 is 23.1 Å². The number of thiazole rings is 1. The number of ketones is 2. The maximum atomic E-state index is 14.2. The molecule has 12 heteroatoms. The van der Waals surface area contributed by atoms with Crippen molar-refractivity contribution in [2.24, 2.45) is 11.8 Å². The van der Waals surface area contributed by atoms with E-state index < -0.39 is 34.9 Å². The Balaban J connectivity index is 0.972. The lowest BCUT2D eigenvalue weighted by atomic mass is 9.95. The summed E-state index contributed by atoms with van der Waals surface area (Å²) in [6.45, 7) is 7.18. The molecular formula is C46H38N4O6S2. The summed E-state index contributed by atoms with van der Waals surface area (Å²) in [7, 11) is 0. The Kier molecular flexibility index (Phi) is 9.77. The number of rotatable bonds is 12. The predicted octanol–water partition coefficient (Wildman–Crippen LogP) is 9.83. The van der Waals surface area contributed by atoms with Crippen LogP contribution in [0.3, 0.4) is 0 Å². The highest BCUT2D eigenvalue weighted by atomic mass is 32.2. The molecule has 0 spiro atoms. The highest BCUT2D eigenvalue weighted by Crippen LogP contribution is 2.42. The normalized spacial score (nSPS) is 15.7. The van der Waals surface area contributed by atoms with Crippen LogP contribution in [0, 0.1) is 11.8 Å². The number of allylic oxidation sites excluding steroid dienone is 4. The molecule has 2 amide bonds. The molecule has 0 radical (unpaired) electrons. The van der Waals surface area contributed by atoms with Gasteiger partial charge in [-0.3, -0.25) is 24.0 Å². The van der Waals surface area contributed by atoms with E-state index in [9.17, 15) is 24.0 Å². The Hall–Kier alpha value is -5.98. The van der Waals surface area contributed by atoms with Crippen molar-refractivity contribution in [3.63, 3.8) is 0 Å². The minimum Gasteiger partial charge on any atom is -0.494 e. The first-order valence-corrected chi connectivity index (χ1v) is 21.0. The number of H-pyrrole nitrogens is 1. The van der Waals surface area contributed by atoms with E-state index in [4.69, 9.17) is 4.74 Å². The van der Waals surface area contributed by atoms with Crippen LogP contribution in [0.2, 0.25) is 0 Å². The zero-order chi connectivity index (χ0) is 40.2. The molecule has 0 fully saturated rings. The summed E-state index contributed by atoms with van der Waals surface area (Å²) in [5.74, 6) is -2.18. The van der Waals surface area contributed by atoms with Gasteiger partial charge in [-0.2, -0.15) is 0 Å². The highest BCUT2D eigenvalue weighted by molar-refractivity contribution is 8.01. The molecule has 4 aromatic carbocycles. The number of hydrogen-bond acceptors (Lipinski definition) is 10. The molecule has 2 aromatic heterocycles. The van der Waals surface area contributed by atoms with Crippen LogP contribution in [0.25, 0.3) is 26.7 Å². The zero-order valence-electron chi connectivity index (χ0n) is 32.0. The highest BCUT2D eigenvalue weighted by Gasteiger charge is 2.46. The number of fused-ring (bicyclic) bond motifs is 4. The third-order valence-corrected chi connectivity index (χ3v) is 12.9. The second-order valence-corrected chi connectivity index (χ2v) is 17.8. The number of benzene rings is 4. The van der Waals surface area contributed by atoms with Gasteiger partial charge < -0.3 is 9.72 Å². The number of nitrogens with one attached hydrogen (secondary N) is 1. The SMILES string of the molecule is CC(C)CC(C)CCCOc1ccc(C2=CC=CC2)c(N2C(=O)c3cc4c(cc3C2=O)C(=O)C(c2nc3ccc(Sc5nc6ccccc6s5)cc3c(=O)[nH]2)C4=O)c1. The molecule has 0 saturated carbocycles. The molecule has 6 aromatic rings. The number of carbonyl (C=O) groups is 4. The van der Waals surface area contributed by atoms with E-state index in [1.54, 1.807) is 29.5 Å². The van der Waals surface area contributed by atoms with Gasteiger partial charge in [-0.25, -0.2) is 14.9 Å². The zero-order valence-corrected chi connectivity index (χ0v) is 33.7. The first-order chi connectivity index (χ1) is 28.0. The van der Waals surface area contributed by atoms with Crippen molar-refractivity contribution in [3.8, 4) is 5.75 Å². The molecule has 290 valence electrons. The molecule has 10 nitrogen and oxygen atoms in total. The van der Waals surface area contributed by atoms with Gasteiger partial charge in [0.15, 0.2) is 15.9 Å². The number of nitrogens with zero attached hydrogens (tertiary/aromatic N) is 3. The third kappa shape index (κ3) is 6.79. The third-order valence-electron chi connectivity index (χ3n) is 10.8. The van der Waals surface area contributed by atoms with Crippen LogP contribution in [0.15, 0.2) is 105 Å². The lowest BCUT2D eigenvalue weighted by Gasteiger charge is -2.20. The summed E-state index contributed by atoms with van der Waals surface area (Å²) < 4.78 is 8.03. The Labute approximate surface area is 342 Å². The number of hydrogen-bond donors (Lipinski definition) is 1. The number of ether oxygens (including phenoxy) is 1. The van der Waals surface area contributed by atoms with Crippen LogP contribution < -0.4 is 15.2 Å². The fourth-order valence-corrected chi connectivity index (χ4v) is 10.3. The van der Waals surface area contributed by atoms with E-state index in [-0.39, 0.29) is 28.1 Å². The number of carbonyl (C=O) groups excluding carboxylic acids is 4. The van der Waals surface area contributed by atoms with Crippen molar-refractivity contribution in [1.82, 2.24) is 15.0 Å². The van der Waals surface area contributed by atoms with E-state index in [1.807, 2.05) is 60.7 Å². The molecule has 0 saturated heterocycles. The smallest absolute Gasteiger partial charge is 0.266 e. The first kappa shape index (κ1) is 37.6. The fraction of sp³-hybridized carbons (Fsp3) is 0.239. The van der Waals surface area contributed by atoms with Gasteiger partial charge in [0.1, 0.15) is 17.5 Å². The largest absolute Gasteiger partial charge is 0.494 e. The van der Waals surface area contributed by atoms with Crippen LogP contribution in [0.1, 0.15) is 105 Å². The van der Waals surface area contributed by atoms with Crippen molar-refractivity contribution in [2.75, 3.05) is 11.5 Å². The van der Waals surface area contributed by atoms with Gasteiger partial charge >= 0.3 is 0 Å². The molecule has 9 rings (SSSR count). The van der Waals surface area contributed by atoms with Gasteiger partial charge in [0.25, 0.3) is 17.4 Å². The molecule has 1 atom stereocenters. The maximum Gasteiger partial charge on any atom is 0.266 e. The Morgan fingerprint density at radius 1 is 0.845 bits per heavy atom. The van der Waals surface area contributed by atoms with Crippen molar-refractivity contribution < 1.29 is 23.9 Å². The molecule has 3 heterocycles. The lowest BCUT2D eigenvalue weighted by molar-refractivity contribution is 0.0882. The quantitative estimate of drug-likeness (QED) is 0.0727. The Morgan fingerprint density at radius 2 is 1.60 bits per heavy atom. The van der Waals surface area contributed by atoms with Crippen LogP contribution in [-0.2, 0) is 0 Å². The number of para-hydroxylation sites is 1. The molecule has 0 bridgehead atoms. The Bertz CT molecular complexity index is 2760. The second kappa shape index (κ2) is 15.1. The summed E-state index contributed by atoms with van der Waals surface area (Å²) in [4.78, 5) is 83.6. The topological polar surface area (TPSA) is 139 Å². The monoisotopic (exact) mass is 806 g/mol. The van der Waals surface area contributed by atoms with Gasteiger partial charge in [-0.05, 0) is 97.7 Å². The second-order valence-electron chi connectivity index (χ2n) is 15.5. The molecule has 58 heavy (non-hydrogen) atoms. The summed E-state index contributed by atoms with van der Waals surface area (Å²) in [5.41, 5.74) is 2.82. The van der Waals surface area contributed by atoms with Crippen LogP contribution in [0.4, 0.5) is 5.69 Å². The van der Waals surface area contributed by atoms with E-state index in [2.05, 4.69) is 35.7 Å². The number of amides is 2. The van der Waals surface area contributed by atoms with Gasteiger partial charge in [0, 0.05) is 27.7 Å². The van der Waals surface area contributed by atoms with Gasteiger partial charge in [-0.15, -0.1) is 11.3 Å². The van der Waals surface area contributed by atoms with Crippen molar-refractivity contribution in [2.45, 2.75) is 61.6 Å². The summed E-state index contributed by atoms with van der Waals surface area (Å²) in [6, 6.07) is 21.2. The number of aromatic nitrogens is 3. The van der Waals surface area contributed by atoms with E-state index in [0.29, 0.717) is 52.8 Å². The van der Waals surface area contributed by atoms with E-state index in [0.717, 1.165) is 49.2 Å². The van der Waals surface area contributed by atoms with E-state index >= 15 is 0 Å². The van der Waals surface area contributed by atoms with E-state index in [1.165, 1.54) is 23.9 Å². The molecule has 3 aliphatic rings. The minimum atomic E-state index is -1.43. The fourth-order valence-electron chi connectivity index (χ4n) is 8.17. The van der Waals surface area contributed by atoms with Crippen LogP contribution in [-0.4, -0.2) is 44.9 Å². The number of Topliss-reactive ketones (excluding diaryl/α,β-unsaturated/α-hetero) is 2. The molecule has 1 aliphatic heterocycles. The van der Waals surface area contributed by atoms with Crippen LogP contribution in [0.5, 0.6) is 5.75 Å². The van der Waals surface area contributed by atoms with Crippen molar-refractivity contribution in [1.29, 1.82) is 0 Å². The molecule has 1 N–H and O–H groups in total. The van der Waals surface area contributed by atoms with Gasteiger partial charge in [0.05, 0.1) is 44.5 Å². The average Bonchev–Trinajstić information content (AvgIpc) is 3.98. The summed E-state index contributed by atoms with van der Waals surface area (Å²) >= 11 is 2.98. The lowest BCUT2D eigenvalue weighted by Crippen LogP contribution is -2.30. The van der Waals surface area contributed by atoms with Crippen molar-refractivity contribution in [3.05, 3.63) is 135 Å². The minimum absolute atomic E-state index is 0.00813. The van der Waals surface area contributed by atoms with Crippen molar-refractivity contribution >= 4 is 78.9 Å². The number of anilines is 1. The molecule has 2 aliphatic carbocycles. The van der Waals surface area contributed by atoms with Gasteiger partial charge in [-0.1, -0.05) is 62.9 Å². The number of imide groups is 1. The first-order valence-electron chi connectivity index (χ1n) is 19.4. The molecular weight excluding hydrogens is 769 g/mol. The Morgan fingerprint density at radius 3 is 2.31 bits per heavy atom. The number of aromatic amines is 1. The maximum absolute atomic E-state index is 14.2. The summed E-state index contributed by atoms with van der Waals surface area (Å²) in [6.07, 6.45) is 9.57. The molecule has 1 unspecified atom stereocenters. The summed E-state index contributed by atoms with van der Waals surface area (Å²) in [5, 5.41) is 0.301. The average molecular weight is 807 g/mol. The van der Waals surface area contributed by atoms with Gasteiger partial charge in [0.2, 0.25) is 0 Å². The standard InChI is InChI=1S/C46H38N4O6S2/c1-24(2)19-25(3)9-8-18-56-27-14-16-29(26-10-4-5-11-26)37(20-27)50-44(54)32-22-30-31(23-33(32)45(50)55)41(52)39(40(30)51)42-47-35-17-15-28(21-34(35)43(53)49-42)57-46-48-36-12-6-7-13-38(36)58-46/h4-7,10,12-17,20-25,39H,8-9,11,18-19H2,1-3H3,(H,47,49,53).